The van der Waals surface area contributed by atoms with Crippen LogP contribution in [0.1, 0.15) is 15.9 Å². The monoisotopic (exact) mass is 284 g/mol. The summed E-state index contributed by atoms with van der Waals surface area (Å²) in [4.78, 5) is 23.2. The number of carbonyl (C=O) groups excluding carboxylic acids is 2. The first-order valence-corrected chi connectivity index (χ1v) is 7.08. The van der Waals surface area contributed by atoms with E-state index in [1.54, 1.807) is 12.1 Å². The van der Waals surface area contributed by atoms with Crippen molar-refractivity contribution in [3.8, 4) is 0 Å². The number of ketones is 1. The van der Waals surface area contributed by atoms with Gasteiger partial charge in [0.15, 0.2) is 5.78 Å². The number of hydrogen-bond donors (Lipinski definition) is 2. The number of anilines is 1. The highest BCUT2D eigenvalue weighted by molar-refractivity contribution is 8.00. The van der Waals surface area contributed by atoms with Gasteiger partial charge in [-0.05, 0) is 17.7 Å². The maximum Gasteiger partial charge on any atom is 0.228 e. The van der Waals surface area contributed by atoms with Gasteiger partial charge < -0.3 is 11.1 Å². The van der Waals surface area contributed by atoms with E-state index in [9.17, 15) is 9.59 Å². The Kier molecular flexibility index (Phi) is 4.27. The van der Waals surface area contributed by atoms with Gasteiger partial charge >= 0.3 is 0 Å². The van der Waals surface area contributed by atoms with Crippen molar-refractivity contribution in [3.63, 3.8) is 0 Å². The summed E-state index contributed by atoms with van der Waals surface area (Å²) in [6, 6.07) is 3.35. The fourth-order valence-electron chi connectivity index (χ4n) is 1.79. The number of halogens is 1. The standard InChI is InChI=1S/C12H13ClN2O2S/c13-9-5-10-7(4-12(17)15-10)3-8(9)11(16)6-18-2-1-14/h3,5H,1-2,4,6,14H2,(H,15,17). The van der Waals surface area contributed by atoms with Gasteiger partial charge in [-0.25, -0.2) is 0 Å². The summed E-state index contributed by atoms with van der Waals surface area (Å²) in [5, 5.41) is 3.08. The van der Waals surface area contributed by atoms with Gasteiger partial charge in [-0.15, -0.1) is 0 Å². The summed E-state index contributed by atoms with van der Waals surface area (Å²) in [5.41, 5.74) is 7.39. The fourth-order valence-corrected chi connectivity index (χ4v) is 2.71. The van der Waals surface area contributed by atoms with Gasteiger partial charge in [0.1, 0.15) is 0 Å². The molecule has 96 valence electrons. The van der Waals surface area contributed by atoms with Crippen LogP contribution in [0.5, 0.6) is 0 Å². The van der Waals surface area contributed by atoms with Crippen LogP contribution < -0.4 is 11.1 Å². The molecule has 0 fully saturated rings. The molecule has 3 N–H and O–H groups in total. The molecule has 0 aromatic heterocycles. The molecular weight excluding hydrogens is 272 g/mol. The Labute approximate surface area is 114 Å². The summed E-state index contributed by atoms with van der Waals surface area (Å²) in [6.45, 7) is 0.550. The first-order chi connectivity index (χ1) is 8.61. The largest absolute Gasteiger partial charge is 0.330 e. The van der Waals surface area contributed by atoms with Crippen LogP contribution in [0.2, 0.25) is 5.02 Å². The first kappa shape index (κ1) is 13.4. The highest BCUT2D eigenvalue weighted by Crippen LogP contribution is 2.30. The van der Waals surface area contributed by atoms with Crippen LogP contribution in [0.25, 0.3) is 0 Å². The Morgan fingerprint density at radius 1 is 1.50 bits per heavy atom. The average Bonchev–Trinajstić information content (AvgIpc) is 2.67. The number of fused-ring (bicyclic) bond motifs is 1. The molecule has 4 nitrogen and oxygen atoms in total. The first-order valence-electron chi connectivity index (χ1n) is 5.55. The van der Waals surface area contributed by atoms with Crippen molar-refractivity contribution in [2.75, 3.05) is 23.4 Å². The molecule has 1 aromatic carbocycles. The second kappa shape index (κ2) is 5.73. The van der Waals surface area contributed by atoms with Crippen molar-refractivity contribution in [3.05, 3.63) is 28.3 Å². The quantitative estimate of drug-likeness (QED) is 0.638. The summed E-state index contributed by atoms with van der Waals surface area (Å²) in [5.74, 6) is 1.01. The number of amides is 1. The van der Waals surface area contributed by atoms with Crippen molar-refractivity contribution in [2.24, 2.45) is 5.73 Å². The molecule has 0 atom stereocenters. The molecule has 0 radical (unpaired) electrons. The minimum Gasteiger partial charge on any atom is -0.330 e. The zero-order chi connectivity index (χ0) is 13.1. The van der Waals surface area contributed by atoms with Crippen molar-refractivity contribution < 1.29 is 9.59 Å². The maximum atomic E-state index is 12.0. The molecule has 1 heterocycles. The number of benzene rings is 1. The number of nitrogens with one attached hydrogen (secondary N) is 1. The Bertz CT molecular complexity index is 505. The van der Waals surface area contributed by atoms with E-state index in [2.05, 4.69) is 5.32 Å². The normalized spacial score (nSPS) is 13.3. The summed E-state index contributed by atoms with van der Waals surface area (Å²) in [6.07, 6.45) is 0.308. The molecule has 0 bridgehead atoms. The molecular formula is C12H13ClN2O2S. The molecule has 1 aliphatic rings. The second-order valence-corrected chi connectivity index (χ2v) is 5.49. The SMILES string of the molecule is NCCSCC(=O)c1cc2c(cc1Cl)NC(=O)C2. The van der Waals surface area contributed by atoms with Crippen LogP contribution in [0.15, 0.2) is 12.1 Å². The van der Waals surface area contributed by atoms with Crippen molar-refractivity contribution in [1.29, 1.82) is 0 Å². The van der Waals surface area contributed by atoms with E-state index in [-0.39, 0.29) is 11.7 Å². The minimum absolute atomic E-state index is 0.0272. The number of carbonyl (C=O) groups is 2. The van der Waals surface area contributed by atoms with E-state index in [0.29, 0.717) is 35.0 Å². The molecule has 0 spiro atoms. The van der Waals surface area contributed by atoms with E-state index in [0.717, 1.165) is 11.3 Å². The predicted octanol–water partition coefficient (Wildman–Crippen LogP) is 1.71. The molecule has 2 rings (SSSR count). The van der Waals surface area contributed by atoms with Crippen molar-refractivity contribution >= 4 is 40.7 Å². The van der Waals surface area contributed by atoms with Crippen LogP contribution >= 0.6 is 23.4 Å². The summed E-state index contributed by atoms with van der Waals surface area (Å²) in [7, 11) is 0. The lowest BCUT2D eigenvalue weighted by Crippen LogP contribution is -2.08. The van der Waals surface area contributed by atoms with Gasteiger partial charge in [0.05, 0.1) is 17.2 Å². The lowest BCUT2D eigenvalue weighted by Gasteiger charge is -2.06. The molecule has 6 heteroatoms. The molecule has 1 aromatic rings. The van der Waals surface area contributed by atoms with Gasteiger partial charge in [0, 0.05) is 23.5 Å². The molecule has 0 unspecified atom stereocenters. The van der Waals surface area contributed by atoms with Crippen LogP contribution in [0.4, 0.5) is 5.69 Å². The van der Waals surface area contributed by atoms with E-state index >= 15 is 0 Å². The smallest absolute Gasteiger partial charge is 0.228 e. The molecule has 0 saturated heterocycles. The van der Waals surface area contributed by atoms with E-state index in [1.807, 2.05) is 0 Å². The number of Topliss-reactive ketones (excluding diaryl/α,β-unsaturated/α-hetero) is 1. The zero-order valence-corrected chi connectivity index (χ0v) is 11.2. The summed E-state index contributed by atoms with van der Waals surface area (Å²) < 4.78 is 0. The highest BCUT2D eigenvalue weighted by Gasteiger charge is 2.21. The number of nitrogens with two attached hydrogens (primary N) is 1. The molecule has 0 aliphatic carbocycles. The van der Waals surface area contributed by atoms with Crippen LogP contribution in [0.3, 0.4) is 0 Å². The third-order valence-electron chi connectivity index (χ3n) is 2.61. The number of thioether (sulfide) groups is 1. The van der Waals surface area contributed by atoms with E-state index in [4.69, 9.17) is 17.3 Å². The maximum absolute atomic E-state index is 12.0. The lowest BCUT2D eigenvalue weighted by atomic mass is 10.1. The lowest BCUT2D eigenvalue weighted by molar-refractivity contribution is -0.115. The van der Waals surface area contributed by atoms with Gasteiger partial charge in [0.25, 0.3) is 0 Å². The Balaban J connectivity index is 2.16. The van der Waals surface area contributed by atoms with Crippen LogP contribution in [0, 0.1) is 0 Å². The zero-order valence-electron chi connectivity index (χ0n) is 9.66. The average molecular weight is 285 g/mol. The van der Waals surface area contributed by atoms with Crippen LogP contribution in [-0.4, -0.2) is 29.7 Å². The van der Waals surface area contributed by atoms with E-state index < -0.39 is 0 Å². The van der Waals surface area contributed by atoms with Gasteiger partial charge in [-0.2, -0.15) is 11.8 Å². The van der Waals surface area contributed by atoms with Crippen molar-refractivity contribution in [2.45, 2.75) is 6.42 Å². The third kappa shape index (κ3) is 2.85. The Hall–Kier alpha value is -1.04. The summed E-state index contributed by atoms with van der Waals surface area (Å²) >= 11 is 7.54. The molecule has 1 aliphatic heterocycles. The van der Waals surface area contributed by atoms with Gasteiger partial charge in [0.2, 0.25) is 5.91 Å². The Morgan fingerprint density at radius 2 is 2.28 bits per heavy atom. The number of rotatable bonds is 5. The second-order valence-electron chi connectivity index (χ2n) is 3.98. The third-order valence-corrected chi connectivity index (χ3v) is 3.92. The van der Waals surface area contributed by atoms with Crippen molar-refractivity contribution in [1.82, 2.24) is 0 Å². The molecule has 18 heavy (non-hydrogen) atoms. The Morgan fingerprint density at radius 3 is 3.00 bits per heavy atom. The minimum atomic E-state index is -0.0665. The molecule has 0 saturated carbocycles. The van der Waals surface area contributed by atoms with Crippen LogP contribution in [-0.2, 0) is 11.2 Å². The van der Waals surface area contributed by atoms with E-state index in [1.165, 1.54) is 11.8 Å². The topological polar surface area (TPSA) is 72.2 Å². The van der Waals surface area contributed by atoms with Gasteiger partial charge in [-0.3, -0.25) is 9.59 Å². The molecule has 1 amide bonds. The predicted molar refractivity (Wildman–Crippen MR) is 74.5 cm³/mol. The fraction of sp³-hybridized carbons (Fsp3) is 0.333. The number of hydrogen-bond acceptors (Lipinski definition) is 4. The van der Waals surface area contributed by atoms with Gasteiger partial charge in [-0.1, -0.05) is 11.6 Å². The highest BCUT2D eigenvalue weighted by atomic mass is 35.5.